The lowest BCUT2D eigenvalue weighted by atomic mass is 10.1. The first-order valence-electron chi connectivity index (χ1n) is 6.94. The van der Waals surface area contributed by atoms with E-state index in [1.54, 1.807) is 11.3 Å². The van der Waals surface area contributed by atoms with Gasteiger partial charge < -0.3 is 5.32 Å². The maximum atomic E-state index is 6.02. The predicted molar refractivity (Wildman–Crippen MR) is 78.3 cm³/mol. The van der Waals surface area contributed by atoms with Crippen LogP contribution in [0.25, 0.3) is 0 Å². The van der Waals surface area contributed by atoms with Crippen molar-refractivity contribution in [2.24, 2.45) is 5.92 Å². The molecule has 100 valence electrons. The van der Waals surface area contributed by atoms with Crippen LogP contribution in [0, 0.1) is 5.92 Å². The summed E-state index contributed by atoms with van der Waals surface area (Å²) in [6.07, 6.45) is 4.10. The molecule has 1 aliphatic carbocycles. The van der Waals surface area contributed by atoms with Gasteiger partial charge in [-0.15, -0.1) is 11.3 Å². The summed E-state index contributed by atoms with van der Waals surface area (Å²) in [5, 5.41) is 3.73. The molecular weight excluding hydrogens is 264 g/mol. The lowest BCUT2D eigenvalue weighted by Gasteiger charge is -2.28. The Morgan fingerprint density at radius 1 is 1.39 bits per heavy atom. The number of rotatable bonds is 3. The fourth-order valence-electron chi connectivity index (χ4n) is 2.83. The predicted octanol–water partition coefficient (Wildman–Crippen LogP) is 3.36. The van der Waals surface area contributed by atoms with Gasteiger partial charge in [-0.3, -0.25) is 4.90 Å². The summed E-state index contributed by atoms with van der Waals surface area (Å²) in [5.74, 6) is 0.935. The van der Waals surface area contributed by atoms with E-state index < -0.39 is 0 Å². The van der Waals surface area contributed by atoms with E-state index in [1.165, 1.54) is 37.2 Å². The molecule has 0 spiro atoms. The summed E-state index contributed by atoms with van der Waals surface area (Å²) in [5.41, 5.74) is 0. The second-order valence-electron chi connectivity index (χ2n) is 5.67. The Kier molecular flexibility index (Phi) is 3.94. The summed E-state index contributed by atoms with van der Waals surface area (Å²) < 4.78 is 0.907. The maximum absolute atomic E-state index is 6.02. The third kappa shape index (κ3) is 3.08. The van der Waals surface area contributed by atoms with Crippen LogP contribution in [0.15, 0.2) is 12.1 Å². The normalized spacial score (nSPS) is 30.3. The minimum Gasteiger partial charge on any atom is -0.312 e. The van der Waals surface area contributed by atoms with Crippen LogP contribution in [0.1, 0.15) is 31.1 Å². The van der Waals surface area contributed by atoms with Crippen LogP contribution in [-0.4, -0.2) is 30.1 Å². The molecule has 18 heavy (non-hydrogen) atoms. The Hall–Kier alpha value is -0.0900. The van der Waals surface area contributed by atoms with Crippen molar-refractivity contribution < 1.29 is 0 Å². The molecule has 1 aliphatic heterocycles. The Bertz CT molecular complexity index is 402. The number of hydrogen-bond donors (Lipinski definition) is 1. The average Bonchev–Trinajstić information content (AvgIpc) is 3.11. The molecule has 2 unspecified atom stereocenters. The Morgan fingerprint density at radius 2 is 2.22 bits per heavy atom. The summed E-state index contributed by atoms with van der Waals surface area (Å²) in [6, 6.07) is 5.57. The van der Waals surface area contributed by atoms with Gasteiger partial charge in [0.2, 0.25) is 0 Å². The monoisotopic (exact) mass is 284 g/mol. The highest BCUT2D eigenvalue weighted by Gasteiger charge is 2.34. The molecule has 2 atom stereocenters. The third-order valence-corrected chi connectivity index (χ3v) is 5.42. The molecule has 1 N–H and O–H groups in total. The lowest BCUT2D eigenvalue weighted by Crippen LogP contribution is -2.40. The van der Waals surface area contributed by atoms with Crippen molar-refractivity contribution in [1.82, 2.24) is 10.2 Å². The standard InChI is InChI=1S/C14H21ClN2S/c1-10-6-7-16-13(11-2-3-11)9-17(10)8-12-4-5-14(15)18-12/h4-5,10-11,13,16H,2-3,6-9H2,1H3. The largest absolute Gasteiger partial charge is 0.312 e. The van der Waals surface area contributed by atoms with Gasteiger partial charge in [0.15, 0.2) is 0 Å². The minimum atomic E-state index is 0.669. The van der Waals surface area contributed by atoms with Gasteiger partial charge in [0.1, 0.15) is 0 Å². The van der Waals surface area contributed by atoms with Crippen molar-refractivity contribution in [2.75, 3.05) is 13.1 Å². The highest BCUT2D eigenvalue weighted by atomic mass is 35.5. The molecule has 2 fully saturated rings. The Morgan fingerprint density at radius 3 is 2.89 bits per heavy atom. The number of nitrogens with one attached hydrogen (secondary N) is 1. The first-order chi connectivity index (χ1) is 8.72. The van der Waals surface area contributed by atoms with Crippen LogP contribution in [0.5, 0.6) is 0 Å². The van der Waals surface area contributed by atoms with E-state index >= 15 is 0 Å². The number of hydrogen-bond acceptors (Lipinski definition) is 3. The molecule has 1 aromatic heterocycles. The average molecular weight is 285 g/mol. The summed E-state index contributed by atoms with van der Waals surface area (Å²) >= 11 is 7.74. The van der Waals surface area contributed by atoms with Gasteiger partial charge in [0.05, 0.1) is 4.34 Å². The fourth-order valence-corrected chi connectivity index (χ4v) is 3.94. The lowest BCUT2D eigenvalue weighted by molar-refractivity contribution is 0.192. The van der Waals surface area contributed by atoms with Crippen molar-refractivity contribution in [3.8, 4) is 0 Å². The van der Waals surface area contributed by atoms with Crippen LogP contribution in [0.2, 0.25) is 4.34 Å². The smallest absolute Gasteiger partial charge is 0.0931 e. The molecular formula is C14H21ClN2S. The van der Waals surface area contributed by atoms with Crippen LogP contribution in [0.3, 0.4) is 0 Å². The SMILES string of the molecule is CC1CCNC(C2CC2)CN1Cc1ccc(Cl)s1. The molecule has 1 aromatic rings. The molecule has 0 amide bonds. The van der Waals surface area contributed by atoms with Crippen LogP contribution < -0.4 is 5.32 Å². The van der Waals surface area contributed by atoms with Crippen LogP contribution in [0.4, 0.5) is 0 Å². The number of thiophene rings is 1. The topological polar surface area (TPSA) is 15.3 Å². The molecule has 0 radical (unpaired) electrons. The summed E-state index contributed by atoms with van der Waals surface area (Å²) in [4.78, 5) is 4.02. The molecule has 4 heteroatoms. The second-order valence-corrected chi connectivity index (χ2v) is 7.47. The van der Waals surface area contributed by atoms with Crippen LogP contribution >= 0.6 is 22.9 Å². The van der Waals surface area contributed by atoms with E-state index in [9.17, 15) is 0 Å². The highest BCUT2D eigenvalue weighted by Crippen LogP contribution is 2.34. The van der Waals surface area contributed by atoms with Crippen molar-refractivity contribution in [1.29, 1.82) is 0 Å². The quantitative estimate of drug-likeness (QED) is 0.916. The number of halogens is 1. The van der Waals surface area contributed by atoms with E-state index in [0.29, 0.717) is 12.1 Å². The van der Waals surface area contributed by atoms with E-state index in [4.69, 9.17) is 11.6 Å². The fraction of sp³-hybridized carbons (Fsp3) is 0.714. The summed E-state index contributed by atoms with van der Waals surface area (Å²) in [7, 11) is 0. The highest BCUT2D eigenvalue weighted by molar-refractivity contribution is 7.16. The molecule has 1 saturated heterocycles. The van der Waals surface area contributed by atoms with E-state index in [0.717, 1.165) is 16.8 Å². The molecule has 2 nitrogen and oxygen atoms in total. The molecule has 2 aliphatic rings. The Labute approximate surface area is 118 Å². The zero-order valence-corrected chi connectivity index (χ0v) is 12.4. The first-order valence-corrected chi connectivity index (χ1v) is 8.13. The van der Waals surface area contributed by atoms with Crippen LogP contribution in [-0.2, 0) is 6.54 Å². The zero-order chi connectivity index (χ0) is 12.5. The zero-order valence-electron chi connectivity index (χ0n) is 10.9. The van der Waals surface area contributed by atoms with Gasteiger partial charge in [-0.25, -0.2) is 0 Å². The van der Waals surface area contributed by atoms with Crippen molar-refractivity contribution in [2.45, 2.75) is 44.8 Å². The Balaban J connectivity index is 1.66. The van der Waals surface area contributed by atoms with Gasteiger partial charge in [-0.1, -0.05) is 11.6 Å². The van der Waals surface area contributed by atoms with Crippen molar-refractivity contribution in [3.63, 3.8) is 0 Å². The summed E-state index contributed by atoms with van der Waals surface area (Å²) in [6.45, 7) is 5.78. The third-order valence-electron chi connectivity index (χ3n) is 4.20. The van der Waals surface area contributed by atoms with Gasteiger partial charge in [0, 0.05) is 30.1 Å². The van der Waals surface area contributed by atoms with Crippen molar-refractivity contribution >= 4 is 22.9 Å². The molecule has 3 rings (SSSR count). The first kappa shape index (κ1) is 12.9. The van der Waals surface area contributed by atoms with Gasteiger partial charge in [0.25, 0.3) is 0 Å². The number of nitrogens with zero attached hydrogens (tertiary/aromatic N) is 1. The van der Waals surface area contributed by atoms with E-state index in [2.05, 4.69) is 23.2 Å². The van der Waals surface area contributed by atoms with Gasteiger partial charge in [-0.2, -0.15) is 0 Å². The molecule has 1 saturated carbocycles. The minimum absolute atomic E-state index is 0.669. The second kappa shape index (κ2) is 5.49. The molecule has 0 aromatic carbocycles. The van der Waals surface area contributed by atoms with Gasteiger partial charge in [-0.05, 0) is 50.8 Å². The molecule has 2 heterocycles. The van der Waals surface area contributed by atoms with E-state index in [1.807, 2.05) is 6.07 Å². The maximum Gasteiger partial charge on any atom is 0.0931 e. The van der Waals surface area contributed by atoms with Gasteiger partial charge >= 0.3 is 0 Å². The van der Waals surface area contributed by atoms with Crippen molar-refractivity contribution in [3.05, 3.63) is 21.3 Å². The van der Waals surface area contributed by atoms with E-state index in [-0.39, 0.29) is 0 Å². The molecule has 0 bridgehead atoms.